The summed E-state index contributed by atoms with van der Waals surface area (Å²) in [5, 5.41) is 76.1. The van der Waals surface area contributed by atoms with Gasteiger partial charge in [0.15, 0.2) is 18.9 Å². The van der Waals surface area contributed by atoms with Crippen LogP contribution in [0.3, 0.4) is 0 Å². The van der Waals surface area contributed by atoms with Gasteiger partial charge in [0.25, 0.3) is 0 Å². The van der Waals surface area contributed by atoms with Crippen LogP contribution in [0.2, 0.25) is 0 Å². The lowest BCUT2D eigenvalue weighted by molar-refractivity contribution is -0.336. The molecule has 7 rings (SSSR count). The van der Waals surface area contributed by atoms with Crippen LogP contribution in [-0.2, 0) is 28.4 Å². The molecule has 13 nitrogen and oxygen atoms in total. The van der Waals surface area contributed by atoms with Crippen molar-refractivity contribution in [3.8, 4) is 0 Å². The highest BCUT2D eigenvalue weighted by Crippen LogP contribution is 2.69. The Hall–Kier alpha value is -0.520. The van der Waals surface area contributed by atoms with Crippen LogP contribution < -0.4 is 0 Å². The van der Waals surface area contributed by atoms with Crippen molar-refractivity contribution in [2.24, 2.45) is 34.5 Å². The molecule has 13 heteroatoms. The number of fused-ring (bicyclic) bond motifs is 5. The van der Waals surface area contributed by atoms with Crippen LogP contribution in [0.15, 0.2) is 0 Å². The molecule has 0 bridgehead atoms. The highest BCUT2D eigenvalue weighted by molar-refractivity contribution is 5.19. The van der Waals surface area contributed by atoms with Crippen molar-refractivity contribution in [2.45, 2.75) is 197 Å². The Morgan fingerprint density at radius 2 is 1.20 bits per heavy atom. The van der Waals surface area contributed by atoms with Crippen LogP contribution in [0.25, 0.3) is 0 Å². The number of hydrogen-bond donors (Lipinski definition) is 7. The van der Waals surface area contributed by atoms with Crippen LogP contribution in [0.5, 0.6) is 0 Å². The van der Waals surface area contributed by atoms with Crippen molar-refractivity contribution in [3.05, 3.63) is 0 Å². The van der Waals surface area contributed by atoms with Crippen molar-refractivity contribution in [2.75, 3.05) is 6.61 Å². The first-order valence-corrected chi connectivity index (χ1v) is 19.7. The van der Waals surface area contributed by atoms with Gasteiger partial charge in [0.1, 0.15) is 18.3 Å². The molecule has 7 aliphatic rings. The van der Waals surface area contributed by atoms with E-state index < -0.39 is 90.9 Å². The van der Waals surface area contributed by atoms with E-state index in [1.54, 1.807) is 13.8 Å². The quantitative estimate of drug-likeness (QED) is 0.188. The normalized spacial score (nSPS) is 57.6. The summed E-state index contributed by atoms with van der Waals surface area (Å²) >= 11 is 0. The third-order valence-electron chi connectivity index (χ3n) is 15.2. The highest BCUT2D eigenvalue weighted by atomic mass is 16.7. The van der Waals surface area contributed by atoms with Crippen molar-refractivity contribution in [3.63, 3.8) is 0 Å². The second-order valence-corrected chi connectivity index (χ2v) is 17.8. The number of rotatable bonds is 7. The van der Waals surface area contributed by atoms with Gasteiger partial charge in [-0.15, -0.1) is 0 Å². The fraction of sp³-hybridized carbons (Fsp3) is 1.00. The van der Waals surface area contributed by atoms with Gasteiger partial charge in [-0.1, -0.05) is 13.8 Å². The summed E-state index contributed by atoms with van der Waals surface area (Å²) in [6.45, 7) is 9.62. The number of aliphatic hydroxyl groups excluding tert-OH is 6. The summed E-state index contributed by atoms with van der Waals surface area (Å²) < 4.78 is 36.7. The van der Waals surface area contributed by atoms with Gasteiger partial charge in [0.05, 0.1) is 54.4 Å². The second-order valence-electron chi connectivity index (χ2n) is 17.8. The Kier molecular flexibility index (Phi) is 11.0. The van der Waals surface area contributed by atoms with Gasteiger partial charge in [-0.2, -0.15) is 0 Å². The van der Waals surface area contributed by atoms with Crippen LogP contribution >= 0.6 is 0 Å². The van der Waals surface area contributed by atoms with Gasteiger partial charge in [-0.25, -0.2) is 0 Å². The lowest BCUT2D eigenvalue weighted by Crippen LogP contribution is -2.67. The molecule has 7 fully saturated rings. The summed E-state index contributed by atoms with van der Waals surface area (Å²) in [7, 11) is 0. The Morgan fingerprint density at radius 1 is 0.627 bits per heavy atom. The van der Waals surface area contributed by atoms with E-state index >= 15 is 0 Å². The van der Waals surface area contributed by atoms with Crippen molar-refractivity contribution >= 4 is 0 Å². The lowest BCUT2D eigenvalue weighted by atomic mass is 9.42. The molecule has 21 atom stereocenters. The molecule has 3 unspecified atom stereocenters. The molecule has 0 aromatic heterocycles. The first-order valence-electron chi connectivity index (χ1n) is 19.7. The molecule has 3 aliphatic heterocycles. The first-order chi connectivity index (χ1) is 24.1. The third kappa shape index (κ3) is 6.65. The molecule has 4 aliphatic carbocycles. The van der Waals surface area contributed by atoms with Gasteiger partial charge < -0.3 is 64.2 Å². The van der Waals surface area contributed by atoms with Gasteiger partial charge in [0.2, 0.25) is 0 Å². The van der Waals surface area contributed by atoms with Crippen molar-refractivity contribution in [1.29, 1.82) is 0 Å². The average Bonchev–Trinajstić information content (AvgIpc) is 3.35. The summed E-state index contributed by atoms with van der Waals surface area (Å²) in [5.74, 6) is 0.641. The van der Waals surface area contributed by atoms with E-state index in [0.717, 1.165) is 38.5 Å². The number of hydrogen-bond acceptors (Lipinski definition) is 13. The summed E-state index contributed by atoms with van der Waals surface area (Å²) in [6.07, 6.45) is -2.72. The first kappa shape index (κ1) is 38.7. The average molecular weight is 729 g/mol. The van der Waals surface area contributed by atoms with E-state index in [9.17, 15) is 35.7 Å². The van der Waals surface area contributed by atoms with Gasteiger partial charge >= 0.3 is 0 Å². The maximum absolute atomic E-state index is 12.2. The molecule has 0 radical (unpaired) electrons. The summed E-state index contributed by atoms with van der Waals surface area (Å²) in [4.78, 5) is 0. The Bertz CT molecular complexity index is 1170. The monoisotopic (exact) mass is 728 g/mol. The van der Waals surface area contributed by atoms with Crippen molar-refractivity contribution < 1.29 is 64.2 Å². The van der Waals surface area contributed by atoms with E-state index in [4.69, 9.17) is 28.4 Å². The van der Waals surface area contributed by atoms with Crippen LogP contribution in [-0.4, -0.2) is 134 Å². The maximum Gasteiger partial charge on any atom is 0.161 e. The molecule has 51 heavy (non-hydrogen) atoms. The van der Waals surface area contributed by atoms with Crippen LogP contribution in [0, 0.1) is 34.5 Å². The minimum atomic E-state index is -0.999. The van der Waals surface area contributed by atoms with E-state index in [1.165, 1.54) is 0 Å². The number of aliphatic hydroxyl groups is 7. The second kappa shape index (κ2) is 14.5. The molecule has 0 spiro atoms. The third-order valence-corrected chi connectivity index (χ3v) is 15.2. The van der Waals surface area contributed by atoms with E-state index in [1.807, 2.05) is 13.8 Å². The topological polar surface area (TPSA) is 197 Å². The van der Waals surface area contributed by atoms with Gasteiger partial charge in [0, 0.05) is 31.3 Å². The zero-order chi connectivity index (χ0) is 36.6. The van der Waals surface area contributed by atoms with Gasteiger partial charge in [-0.3, -0.25) is 0 Å². The largest absolute Gasteiger partial charge is 0.396 e. The maximum atomic E-state index is 12.2. The standard InChI is InChI=1S/C38H64O13/c1-18-33(44)26(40)14-31(46-18)50-35-20(3)48-32(16-28(35)42)51-34-19(2)47-30(15-27(34)41)49-23-9-10-36(4)21(12-23)6-7-24-25(36)13-29(43)37(5)22(17-39)8-11-38(24,37)45/h18-35,39-45H,6-17H2,1-5H3/t18?,19?,20?,21-,22-,23+,24-,25+,26-,27-,28-,29-,30+,31+,32-,33-,34-,35-,36+,37+,38+/m1/s1. The molecule has 3 saturated heterocycles. The zero-order valence-electron chi connectivity index (χ0n) is 31.0. The molecule has 0 aromatic carbocycles. The molecule has 0 aromatic rings. The SMILES string of the molecule is CC1O[C@@H](O[C@@H]2C(C)O[C@H](O[C@@H]3C(C)O[C@@H](O[C@H]4CC[C@@]5(C)[C@H](CC[C@@H]6[C@@H]5C[C@@H](O)[C@]5(C)[C@@H](CO)CC[C@]65O)C4)C[C@H]3O)C[C@H]2O)C[C@@H](O)[C@@H]1O. The zero-order valence-corrected chi connectivity index (χ0v) is 31.0. The fourth-order valence-electron chi connectivity index (χ4n) is 12.0. The highest BCUT2D eigenvalue weighted by Gasteiger charge is 2.70. The predicted molar refractivity (Wildman–Crippen MR) is 181 cm³/mol. The minimum Gasteiger partial charge on any atom is -0.396 e. The molecule has 4 saturated carbocycles. The molecular weight excluding hydrogens is 664 g/mol. The predicted octanol–water partition coefficient (Wildman–Crippen LogP) is 1.73. The Labute approximate surface area is 301 Å². The van der Waals surface area contributed by atoms with E-state index in [-0.39, 0.29) is 55.1 Å². The fourth-order valence-corrected chi connectivity index (χ4v) is 12.0. The smallest absolute Gasteiger partial charge is 0.161 e. The van der Waals surface area contributed by atoms with Crippen LogP contribution in [0.4, 0.5) is 0 Å². The Balaban J connectivity index is 0.904. The molecule has 7 N–H and O–H groups in total. The van der Waals surface area contributed by atoms with Crippen LogP contribution in [0.1, 0.15) is 105 Å². The lowest BCUT2D eigenvalue weighted by Gasteiger charge is -2.65. The molecule has 294 valence electrons. The molecular formula is C38H64O13. The number of ether oxygens (including phenoxy) is 6. The van der Waals surface area contributed by atoms with E-state index in [0.29, 0.717) is 18.8 Å². The minimum absolute atomic E-state index is 0.00125. The molecule has 3 heterocycles. The Morgan fingerprint density at radius 3 is 1.76 bits per heavy atom. The summed E-state index contributed by atoms with van der Waals surface area (Å²) in [6, 6.07) is 0. The van der Waals surface area contributed by atoms with Gasteiger partial charge in [-0.05, 0) is 101 Å². The molecule has 0 amide bonds. The van der Waals surface area contributed by atoms with Crippen molar-refractivity contribution in [1.82, 2.24) is 0 Å². The summed E-state index contributed by atoms with van der Waals surface area (Å²) in [5.41, 5.74) is -1.66. The van der Waals surface area contributed by atoms with E-state index in [2.05, 4.69) is 6.92 Å².